The van der Waals surface area contributed by atoms with Crippen molar-refractivity contribution >= 4 is 40.6 Å². The number of nitrogens with one attached hydrogen (secondary N) is 1. The zero-order chi connectivity index (χ0) is 20.1. The first-order valence-corrected chi connectivity index (χ1v) is 9.98. The van der Waals surface area contributed by atoms with Gasteiger partial charge in [-0.1, -0.05) is 17.7 Å². The molecule has 0 aromatic heterocycles. The second kappa shape index (κ2) is 9.17. The summed E-state index contributed by atoms with van der Waals surface area (Å²) in [6, 6.07) is 11.3. The number of imide groups is 1. The van der Waals surface area contributed by atoms with E-state index in [1.807, 2.05) is 26.0 Å². The fourth-order valence-electron chi connectivity index (χ4n) is 2.77. The Bertz CT molecular complexity index is 922. The first-order chi connectivity index (χ1) is 13.4. The minimum absolute atomic E-state index is 0.315. The topological polar surface area (TPSA) is 64.6 Å². The van der Waals surface area contributed by atoms with E-state index >= 15 is 0 Å². The fraction of sp³-hybridized carbons (Fsp3) is 0.238. The molecule has 0 aliphatic carbocycles. The molecule has 2 amide bonds. The Morgan fingerprint density at radius 1 is 1.04 bits per heavy atom. The minimum Gasteiger partial charge on any atom is -0.493 e. The molecule has 0 atom stereocenters. The van der Waals surface area contributed by atoms with Crippen LogP contribution in [0.2, 0.25) is 5.02 Å². The number of carbonyl (C=O) groups excluding carboxylic acids is 2. The van der Waals surface area contributed by atoms with Gasteiger partial charge in [-0.3, -0.25) is 14.9 Å². The molecule has 7 heteroatoms. The van der Waals surface area contributed by atoms with Crippen LogP contribution >= 0.6 is 23.4 Å². The summed E-state index contributed by atoms with van der Waals surface area (Å²) in [5.74, 6) is 1.03. The van der Waals surface area contributed by atoms with E-state index in [4.69, 9.17) is 21.1 Å². The Balaban J connectivity index is 1.58. The van der Waals surface area contributed by atoms with Gasteiger partial charge in [-0.2, -0.15) is 0 Å². The Hall–Kier alpha value is -2.44. The second-order valence-electron chi connectivity index (χ2n) is 6.41. The lowest BCUT2D eigenvalue weighted by Crippen LogP contribution is -2.17. The molecule has 3 rings (SSSR count). The molecule has 0 bridgehead atoms. The van der Waals surface area contributed by atoms with Gasteiger partial charge in [0.2, 0.25) is 0 Å². The van der Waals surface area contributed by atoms with Crippen molar-refractivity contribution in [2.45, 2.75) is 20.3 Å². The van der Waals surface area contributed by atoms with Crippen LogP contribution in [0, 0.1) is 13.8 Å². The van der Waals surface area contributed by atoms with Gasteiger partial charge in [-0.15, -0.1) is 0 Å². The van der Waals surface area contributed by atoms with Gasteiger partial charge in [0.1, 0.15) is 11.5 Å². The van der Waals surface area contributed by atoms with Crippen LogP contribution in [0.25, 0.3) is 6.08 Å². The zero-order valence-electron chi connectivity index (χ0n) is 15.6. The number of hydrogen-bond acceptors (Lipinski definition) is 5. The lowest BCUT2D eigenvalue weighted by atomic mass is 10.1. The lowest BCUT2D eigenvalue weighted by Gasteiger charge is -2.11. The van der Waals surface area contributed by atoms with E-state index in [0.717, 1.165) is 28.6 Å². The van der Waals surface area contributed by atoms with Crippen LogP contribution in [0.4, 0.5) is 4.79 Å². The largest absolute Gasteiger partial charge is 0.493 e. The number of amides is 2. The highest BCUT2D eigenvalue weighted by atomic mass is 35.5. The molecule has 0 saturated carbocycles. The van der Waals surface area contributed by atoms with Crippen LogP contribution in [0.5, 0.6) is 11.5 Å². The summed E-state index contributed by atoms with van der Waals surface area (Å²) in [6.07, 6.45) is 2.30. The second-order valence-corrected chi connectivity index (χ2v) is 7.86. The molecule has 1 aliphatic heterocycles. The molecular weight excluding hydrogens is 398 g/mol. The Labute approximate surface area is 173 Å². The van der Waals surface area contributed by atoms with E-state index in [2.05, 4.69) is 11.4 Å². The first-order valence-electron chi connectivity index (χ1n) is 8.79. The maximum atomic E-state index is 11.8. The molecule has 2 aromatic carbocycles. The van der Waals surface area contributed by atoms with Crippen LogP contribution in [-0.2, 0) is 4.79 Å². The van der Waals surface area contributed by atoms with Crippen molar-refractivity contribution in [3.05, 3.63) is 63.0 Å². The first kappa shape index (κ1) is 20.3. The monoisotopic (exact) mass is 417 g/mol. The van der Waals surface area contributed by atoms with E-state index in [9.17, 15) is 9.59 Å². The smallest absolute Gasteiger partial charge is 0.290 e. The van der Waals surface area contributed by atoms with Crippen LogP contribution in [0.15, 0.2) is 41.3 Å². The molecule has 0 radical (unpaired) electrons. The average Bonchev–Trinajstić information content (AvgIpc) is 2.92. The number of thioether (sulfide) groups is 1. The summed E-state index contributed by atoms with van der Waals surface area (Å²) < 4.78 is 11.6. The molecule has 1 aliphatic rings. The maximum absolute atomic E-state index is 11.8. The van der Waals surface area contributed by atoms with Crippen molar-refractivity contribution in [2.24, 2.45) is 0 Å². The molecule has 146 valence electrons. The molecule has 0 unspecified atom stereocenters. The normalized spacial score (nSPS) is 15.0. The van der Waals surface area contributed by atoms with E-state index in [-0.39, 0.29) is 5.24 Å². The predicted octanol–water partition coefficient (Wildman–Crippen LogP) is 5.13. The Morgan fingerprint density at radius 2 is 1.75 bits per heavy atom. The van der Waals surface area contributed by atoms with Crippen LogP contribution in [0.1, 0.15) is 23.1 Å². The standard InChI is InChI=1S/C21H20ClNO4S/c1-13-8-14(2)10-17(9-13)26-6-3-7-27-18-5-4-16(22)11-15(18)12-19-20(24)23-21(25)28-19/h4-5,8-12H,3,6-7H2,1-2H3,(H,23,24,25)/b19-12-. The highest BCUT2D eigenvalue weighted by Gasteiger charge is 2.25. The number of ether oxygens (including phenoxy) is 2. The molecular formula is C21H20ClNO4S. The molecule has 1 fully saturated rings. The highest BCUT2D eigenvalue weighted by Crippen LogP contribution is 2.31. The van der Waals surface area contributed by atoms with Gasteiger partial charge in [0.25, 0.3) is 11.1 Å². The molecule has 5 nitrogen and oxygen atoms in total. The highest BCUT2D eigenvalue weighted by molar-refractivity contribution is 8.18. The number of benzene rings is 2. The Kier molecular flexibility index (Phi) is 6.65. The number of halogens is 1. The van der Waals surface area contributed by atoms with Crippen molar-refractivity contribution in [2.75, 3.05) is 13.2 Å². The quantitative estimate of drug-likeness (QED) is 0.499. The SMILES string of the molecule is Cc1cc(C)cc(OCCCOc2ccc(Cl)cc2/C=C2\SC(=O)NC2=O)c1. The summed E-state index contributed by atoms with van der Waals surface area (Å²) in [4.78, 5) is 23.4. The molecule has 28 heavy (non-hydrogen) atoms. The van der Waals surface area contributed by atoms with Crippen molar-refractivity contribution < 1.29 is 19.1 Å². The van der Waals surface area contributed by atoms with Crippen molar-refractivity contribution in [3.63, 3.8) is 0 Å². The summed E-state index contributed by atoms with van der Waals surface area (Å²) in [6.45, 7) is 5.05. The van der Waals surface area contributed by atoms with E-state index in [1.165, 1.54) is 0 Å². The van der Waals surface area contributed by atoms with Crippen molar-refractivity contribution in [1.29, 1.82) is 0 Å². The van der Waals surface area contributed by atoms with Gasteiger partial charge in [0, 0.05) is 17.0 Å². The maximum Gasteiger partial charge on any atom is 0.290 e. The summed E-state index contributed by atoms with van der Waals surface area (Å²) in [5, 5.41) is 2.37. The lowest BCUT2D eigenvalue weighted by molar-refractivity contribution is -0.115. The van der Waals surface area contributed by atoms with Crippen molar-refractivity contribution in [3.8, 4) is 11.5 Å². The summed E-state index contributed by atoms with van der Waals surface area (Å²) in [7, 11) is 0. The summed E-state index contributed by atoms with van der Waals surface area (Å²) in [5.41, 5.74) is 2.98. The Morgan fingerprint density at radius 3 is 2.43 bits per heavy atom. The molecule has 2 aromatic rings. The zero-order valence-corrected chi connectivity index (χ0v) is 17.2. The molecule has 1 N–H and O–H groups in total. The minimum atomic E-state index is -0.414. The number of carbonyl (C=O) groups is 2. The van der Waals surface area contributed by atoms with Crippen LogP contribution < -0.4 is 14.8 Å². The van der Waals surface area contributed by atoms with Gasteiger partial charge in [-0.25, -0.2) is 0 Å². The van der Waals surface area contributed by atoms with Crippen LogP contribution in [0.3, 0.4) is 0 Å². The third kappa shape index (κ3) is 5.53. The molecule has 0 spiro atoms. The van der Waals surface area contributed by atoms with Crippen molar-refractivity contribution in [1.82, 2.24) is 5.32 Å². The van der Waals surface area contributed by atoms with Gasteiger partial charge in [0.15, 0.2) is 0 Å². The van der Waals surface area contributed by atoms with Crippen LogP contribution in [-0.4, -0.2) is 24.4 Å². The van der Waals surface area contributed by atoms with E-state index in [1.54, 1.807) is 24.3 Å². The average molecular weight is 418 g/mol. The number of aryl methyl sites for hydroxylation is 2. The fourth-order valence-corrected chi connectivity index (χ4v) is 3.63. The van der Waals surface area contributed by atoms with E-state index in [0.29, 0.717) is 40.9 Å². The number of rotatable bonds is 7. The number of hydrogen-bond donors (Lipinski definition) is 1. The third-order valence-corrected chi connectivity index (χ3v) is 4.96. The molecule has 1 heterocycles. The molecule has 1 saturated heterocycles. The van der Waals surface area contributed by atoms with Gasteiger partial charge >= 0.3 is 0 Å². The van der Waals surface area contributed by atoms with Gasteiger partial charge in [0.05, 0.1) is 18.1 Å². The van der Waals surface area contributed by atoms with E-state index < -0.39 is 5.91 Å². The van der Waals surface area contributed by atoms with Gasteiger partial charge in [-0.05, 0) is 73.1 Å². The van der Waals surface area contributed by atoms with Gasteiger partial charge < -0.3 is 9.47 Å². The third-order valence-electron chi connectivity index (χ3n) is 3.91. The predicted molar refractivity (Wildman–Crippen MR) is 112 cm³/mol. The summed E-state index contributed by atoms with van der Waals surface area (Å²) >= 11 is 6.92.